The fourth-order valence-electron chi connectivity index (χ4n) is 2.69. The number of aryl methyl sites for hydroxylation is 1. The summed E-state index contributed by atoms with van der Waals surface area (Å²) in [5.41, 5.74) is 1.83. The van der Waals surface area contributed by atoms with Crippen LogP contribution in [0.3, 0.4) is 0 Å². The van der Waals surface area contributed by atoms with E-state index in [1.165, 1.54) is 6.08 Å². The molecule has 0 aliphatic heterocycles. The second kappa shape index (κ2) is 6.95. The lowest BCUT2D eigenvalue weighted by molar-refractivity contribution is 0.104. The number of hydrogen-bond acceptors (Lipinski definition) is 3. The summed E-state index contributed by atoms with van der Waals surface area (Å²) in [6, 6.07) is 12.4. The van der Waals surface area contributed by atoms with E-state index in [9.17, 15) is 9.59 Å². The maximum absolute atomic E-state index is 12.5. The van der Waals surface area contributed by atoms with E-state index in [1.807, 2.05) is 12.1 Å². The summed E-state index contributed by atoms with van der Waals surface area (Å²) in [6.45, 7) is 1.75. The van der Waals surface area contributed by atoms with Crippen molar-refractivity contribution in [2.24, 2.45) is 0 Å². The Morgan fingerprint density at radius 1 is 1.16 bits per heavy atom. The lowest BCUT2D eigenvalue weighted by atomic mass is 10.0. The Morgan fingerprint density at radius 3 is 2.56 bits per heavy atom. The number of aromatic amines is 1. The van der Waals surface area contributed by atoms with Crippen molar-refractivity contribution in [2.45, 2.75) is 6.92 Å². The Hall–Kier alpha value is -2.85. The molecule has 4 nitrogen and oxygen atoms in total. The third kappa shape index (κ3) is 3.49. The number of rotatable bonds is 4. The van der Waals surface area contributed by atoms with Gasteiger partial charge < -0.3 is 9.72 Å². The van der Waals surface area contributed by atoms with Crippen molar-refractivity contribution in [1.82, 2.24) is 4.98 Å². The number of nitrogens with one attached hydrogen (secondary N) is 1. The van der Waals surface area contributed by atoms with Gasteiger partial charge >= 0.3 is 0 Å². The van der Waals surface area contributed by atoms with Crippen molar-refractivity contribution in [3.63, 3.8) is 0 Å². The zero-order valence-electron chi connectivity index (χ0n) is 13.8. The van der Waals surface area contributed by atoms with E-state index in [0.29, 0.717) is 16.1 Å². The third-order valence-corrected chi connectivity index (χ3v) is 4.26. The monoisotopic (exact) mass is 353 g/mol. The van der Waals surface area contributed by atoms with Crippen LogP contribution in [0.5, 0.6) is 5.75 Å². The molecule has 2 aromatic carbocycles. The predicted molar refractivity (Wildman–Crippen MR) is 101 cm³/mol. The first-order valence-corrected chi connectivity index (χ1v) is 8.06. The van der Waals surface area contributed by atoms with Gasteiger partial charge in [0.1, 0.15) is 5.75 Å². The molecule has 0 atom stereocenters. The number of ether oxygens (including phenoxy) is 1. The molecule has 0 saturated heterocycles. The minimum absolute atomic E-state index is 0.125. The van der Waals surface area contributed by atoms with Gasteiger partial charge in [0.05, 0.1) is 12.7 Å². The van der Waals surface area contributed by atoms with Crippen molar-refractivity contribution in [2.75, 3.05) is 7.11 Å². The molecule has 25 heavy (non-hydrogen) atoms. The molecule has 5 heteroatoms. The van der Waals surface area contributed by atoms with Gasteiger partial charge in [0, 0.05) is 15.9 Å². The highest BCUT2D eigenvalue weighted by molar-refractivity contribution is 6.31. The maximum Gasteiger partial charge on any atom is 0.259 e. The van der Waals surface area contributed by atoms with Crippen molar-refractivity contribution in [3.05, 3.63) is 80.6 Å². The van der Waals surface area contributed by atoms with E-state index in [1.54, 1.807) is 50.4 Å². The van der Waals surface area contributed by atoms with Crippen molar-refractivity contribution < 1.29 is 9.53 Å². The number of allylic oxidation sites excluding steroid dienone is 1. The number of H-pyrrole nitrogens is 1. The highest BCUT2D eigenvalue weighted by atomic mass is 35.5. The number of halogens is 1. The van der Waals surface area contributed by atoms with Gasteiger partial charge in [-0.15, -0.1) is 0 Å². The molecular formula is C20H16ClNO3. The zero-order chi connectivity index (χ0) is 18.0. The van der Waals surface area contributed by atoms with Gasteiger partial charge in [-0.2, -0.15) is 0 Å². The number of methoxy groups -OCH3 is 1. The van der Waals surface area contributed by atoms with E-state index in [4.69, 9.17) is 16.3 Å². The SMILES string of the molecule is COc1ccc(/C=C/C(=O)c2c(C)c3cc(Cl)ccc3[nH]c2=O)cc1. The summed E-state index contributed by atoms with van der Waals surface area (Å²) < 4.78 is 5.10. The fourth-order valence-corrected chi connectivity index (χ4v) is 2.86. The largest absolute Gasteiger partial charge is 0.497 e. The molecule has 0 amide bonds. The number of hydrogen-bond donors (Lipinski definition) is 1. The summed E-state index contributed by atoms with van der Waals surface area (Å²) >= 11 is 6.03. The lowest BCUT2D eigenvalue weighted by Crippen LogP contribution is -2.18. The molecule has 3 rings (SSSR count). The smallest absolute Gasteiger partial charge is 0.259 e. The Morgan fingerprint density at radius 2 is 1.88 bits per heavy atom. The maximum atomic E-state index is 12.5. The lowest BCUT2D eigenvalue weighted by Gasteiger charge is -2.07. The van der Waals surface area contributed by atoms with E-state index in [0.717, 1.165) is 16.7 Å². The van der Waals surface area contributed by atoms with Crippen LogP contribution < -0.4 is 10.3 Å². The second-order valence-electron chi connectivity index (χ2n) is 5.61. The second-order valence-corrected chi connectivity index (χ2v) is 6.05. The van der Waals surface area contributed by atoms with Crippen LogP contribution in [0.15, 0.2) is 53.3 Å². The molecule has 0 aliphatic rings. The first-order chi connectivity index (χ1) is 12.0. The van der Waals surface area contributed by atoms with Crippen LogP contribution >= 0.6 is 11.6 Å². The van der Waals surface area contributed by atoms with Gasteiger partial charge in [0.15, 0.2) is 5.78 Å². The Balaban J connectivity index is 1.98. The quantitative estimate of drug-likeness (QED) is 0.559. The first kappa shape index (κ1) is 17.0. The highest BCUT2D eigenvalue weighted by Crippen LogP contribution is 2.22. The summed E-state index contributed by atoms with van der Waals surface area (Å²) in [7, 11) is 1.59. The van der Waals surface area contributed by atoms with Crippen LogP contribution in [0.1, 0.15) is 21.5 Å². The summed E-state index contributed by atoms with van der Waals surface area (Å²) in [5.74, 6) is 0.388. The number of pyridine rings is 1. The number of aromatic nitrogens is 1. The Bertz CT molecular complexity index is 1030. The van der Waals surface area contributed by atoms with Crippen LogP contribution in [-0.2, 0) is 0 Å². The fraction of sp³-hybridized carbons (Fsp3) is 0.100. The summed E-state index contributed by atoms with van der Waals surface area (Å²) in [6.07, 6.45) is 3.07. The number of carbonyl (C=O) groups excluding carboxylic acids is 1. The van der Waals surface area contributed by atoms with Crippen LogP contribution in [0, 0.1) is 6.92 Å². The average molecular weight is 354 g/mol. The van der Waals surface area contributed by atoms with E-state index in [-0.39, 0.29) is 11.3 Å². The number of fused-ring (bicyclic) bond motifs is 1. The van der Waals surface area contributed by atoms with E-state index < -0.39 is 5.56 Å². The Kier molecular flexibility index (Phi) is 4.72. The molecule has 1 heterocycles. The van der Waals surface area contributed by atoms with Crippen molar-refractivity contribution >= 4 is 34.4 Å². The van der Waals surface area contributed by atoms with Gasteiger partial charge in [0.25, 0.3) is 5.56 Å². The van der Waals surface area contributed by atoms with Crippen LogP contribution in [-0.4, -0.2) is 17.9 Å². The van der Waals surface area contributed by atoms with Gasteiger partial charge in [-0.05, 0) is 54.5 Å². The normalized spacial score (nSPS) is 11.2. The number of carbonyl (C=O) groups is 1. The number of ketones is 1. The third-order valence-electron chi connectivity index (χ3n) is 4.03. The highest BCUT2D eigenvalue weighted by Gasteiger charge is 2.14. The summed E-state index contributed by atoms with van der Waals surface area (Å²) in [5, 5.41) is 1.31. The van der Waals surface area contributed by atoms with Crippen LogP contribution in [0.25, 0.3) is 17.0 Å². The topological polar surface area (TPSA) is 59.2 Å². The predicted octanol–water partition coefficient (Wildman–Crippen LogP) is 4.39. The molecule has 0 aliphatic carbocycles. The van der Waals surface area contributed by atoms with E-state index >= 15 is 0 Å². The molecule has 0 saturated carbocycles. The van der Waals surface area contributed by atoms with Gasteiger partial charge in [-0.25, -0.2) is 0 Å². The van der Waals surface area contributed by atoms with E-state index in [2.05, 4.69) is 4.98 Å². The minimum Gasteiger partial charge on any atom is -0.497 e. The standard InChI is InChI=1S/C20H16ClNO3/c1-12-16-11-14(21)6-9-17(16)22-20(24)19(12)18(23)10-5-13-3-7-15(25-2)8-4-13/h3-11H,1-2H3,(H,22,24)/b10-5+. The molecule has 1 N–H and O–H groups in total. The zero-order valence-corrected chi connectivity index (χ0v) is 14.6. The van der Waals surface area contributed by atoms with Crippen molar-refractivity contribution in [1.29, 1.82) is 0 Å². The van der Waals surface area contributed by atoms with Crippen LogP contribution in [0.2, 0.25) is 5.02 Å². The molecule has 0 bridgehead atoms. The molecule has 0 spiro atoms. The Labute approximate surface area is 149 Å². The van der Waals surface area contributed by atoms with Gasteiger partial charge in [-0.1, -0.05) is 29.8 Å². The average Bonchev–Trinajstić information content (AvgIpc) is 2.61. The molecular weight excluding hydrogens is 338 g/mol. The van der Waals surface area contributed by atoms with Crippen molar-refractivity contribution in [3.8, 4) is 5.75 Å². The molecule has 0 fully saturated rings. The van der Waals surface area contributed by atoms with Gasteiger partial charge in [0.2, 0.25) is 0 Å². The van der Waals surface area contributed by atoms with Crippen LogP contribution in [0.4, 0.5) is 0 Å². The molecule has 126 valence electrons. The number of benzene rings is 2. The first-order valence-electron chi connectivity index (χ1n) is 7.68. The minimum atomic E-state index is -0.406. The molecule has 0 radical (unpaired) electrons. The molecule has 0 unspecified atom stereocenters. The molecule has 3 aromatic rings. The van der Waals surface area contributed by atoms with Gasteiger partial charge in [-0.3, -0.25) is 9.59 Å². The molecule has 1 aromatic heterocycles. The summed E-state index contributed by atoms with van der Waals surface area (Å²) in [4.78, 5) is 27.6.